The van der Waals surface area contributed by atoms with Crippen LogP contribution in [-0.2, 0) is 11.3 Å². The van der Waals surface area contributed by atoms with E-state index in [1.165, 1.54) is 18.6 Å². The van der Waals surface area contributed by atoms with Gasteiger partial charge in [0.2, 0.25) is 0 Å². The summed E-state index contributed by atoms with van der Waals surface area (Å²) in [5.41, 5.74) is 0.801. The van der Waals surface area contributed by atoms with E-state index in [0.717, 1.165) is 31.2 Å². The lowest BCUT2D eigenvalue weighted by atomic mass is 9.84. The van der Waals surface area contributed by atoms with Crippen molar-refractivity contribution >= 4 is 17.6 Å². The molecule has 1 aromatic carbocycles. The molecule has 1 heterocycles. The number of carboxylic acids is 1. The second kappa shape index (κ2) is 5.93. The Morgan fingerprint density at radius 2 is 2.14 bits per heavy atom. The number of fused-ring (bicyclic) bond motifs is 1. The zero-order valence-corrected chi connectivity index (χ0v) is 12.5. The lowest BCUT2D eigenvalue weighted by Crippen LogP contribution is -2.41. The molecule has 114 valence electrons. The number of benzene rings is 1. The maximum absolute atomic E-state index is 13.1. The first-order valence-electron chi connectivity index (χ1n) is 7.48. The number of aliphatic carboxylic acids is 1. The summed E-state index contributed by atoms with van der Waals surface area (Å²) >= 11 is 6.10. The van der Waals surface area contributed by atoms with Gasteiger partial charge >= 0.3 is 5.97 Å². The second-order valence-corrected chi connectivity index (χ2v) is 6.52. The Bertz CT molecular complexity index is 551. The van der Waals surface area contributed by atoms with Crippen molar-refractivity contribution in [2.24, 2.45) is 5.92 Å². The molecule has 0 unspecified atom stereocenters. The Kier molecular flexibility index (Phi) is 4.18. The quantitative estimate of drug-likeness (QED) is 0.925. The molecule has 3 atom stereocenters. The molecule has 21 heavy (non-hydrogen) atoms. The molecule has 0 amide bonds. The van der Waals surface area contributed by atoms with Crippen LogP contribution in [0.5, 0.6) is 0 Å². The van der Waals surface area contributed by atoms with Crippen LogP contribution in [0.25, 0.3) is 0 Å². The zero-order valence-electron chi connectivity index (χ0n) is 11.8. The molecule has 3 nitrogen and oxygen atoms in total. The Hall–Kier alpha value is -1.13. The van der Waals surface area contributed by atoms with Crippen molar-refractivity contribution in [1.82, 2.24) is 4.90 Å². The fourth-order valence-corrected chi connectivity index (χ4v) is 4.10. The van der Waals surface area contributed by atoms with Crippen molar-refractivity contribution < 1.29 is 14.3 Å². The molecule has 2 fully saturated rings. The molecule has 0 radical (unpaired) electrons. The molecule has 2 aliphatic rings. The fraction of sp³-hybridized carbons (Fsp3) is 0.562. The predicted molar refractivity (Wildman–Crippen MR) is 78.7 cm³/mol. The molecule has 1 aromatic rings. The van der Waals surface area contributed by atoms with Crippen molar-refractivity contribution in [3.63, 3.8) is 0 Å². The van der Waals surface area contributed by atoms with Gasteiger partial charge in [-0.1, -0.05) is 30.5 Å². The third kappa shape index (κ3) is 2.92. The Morgan fingerprint density at radius 3 is 2.86 bits per heavy atom. The molecule has 0 bridgehead atoms. The molecular weight excluding hydrogens is 293 g/mol. The molecule has 1 saturated carbocycles. The Morgan fingerprint density at radius 1 is 1.38 bits per heavy atom. The summed E-state index contributed by atoms with van der Waals surface area (Å²) in [6.07, 6.45) is 5.23. The van der Waals surface area contributed by atoms with E-state index in [-0.39, 0.29) is 5.82 Å². The molecule has 1 aliphatic heterocycles. The molecule has 0 aromatic heterocycles. The number of carboxylic acid groups (broad SMARTS) is 1. The summed E-state index contributed by atoms with van der Waals surface area (Å²) in [4.78, 5) is 13.6. The SMILES string of the molecule is O=C(O)[C@@H]1C[C@H]2CCCC[C@H]2N1Cc1ccc(F)cc1Cl. The molecular formula is C16H19ClFNO2. The number of hydrogen-bond donors (Lipinski definition) is 1. The van der Waals surface area contributed by atoms with Crippen molar-refractivity contribution in [3.05, 3.63) is 34.6 Å². The van der Waals surface area contributed by atoms with Gasteiger partial charge in [-0.25, -0.2) is 4.39 Å². The van der Waals surface area contributed by atoms with E-state index in [4.69, 9.17) is 11.6 Å². The van der Waals surface area contributed by atoms with Crippen LogP contribution in [0.3, 0.4) is 0 Å². The average molecular weight is 312 g/mol. The molecule has 0 spiro atoms. The highest BCUT2D eigenvalue weighted by molar-refractivity contribution is 6.31. The van der Waals surface area contributed by atoms with E-state index in [1.54, 1.807) is 6.07 Å². The normalized spacial score (nSPS) is 29.3. The van der Waals surface area contributed by atoms with Crippen molar-refractivity contribution in [2.45, 2.75) is 50.7 Å². The minimum Gasteiger partial charge on any atom is -0.480 e. The summed E-state index contributed by atoms with van der Waals surface area (Å²) in [6, 6.07) is 4.21. The summed E-state index contributed by atoms with van der Waals surface area (Å²) in [5, 5.41) is 9.86. The summed E-state index contributed by atoms with van der Waals surface area (Å²) in [7, 11) is 0. The van der Waals surface area contributed by atoms with Gasteiger partial charge in [-0.15, -0.1) is 0 Å². The Labute approximate surface area is 128 Å². The van der Waals surface area contributed by atoms with Crippen LogP contribution in [-0.4, -0.2) is 28.1 Å². The van der Waals surface area contributed by atoms with Crippen LogP contribution in [0.2, 0.25) is 5.02 Å². The van der Waals surface area contributed by atoms with Gasteiger partial charge in [0, 0.05) is 17.6 Å². The van der Waals surface area contributed by atoms with Gasteiger partial charge in [0.05, 0.1) is 0 Å². The van der Waals surface area contributed by atoms with Gasteiger partial charge < -0.3 is 5.11 Å². The van der Waals surface area contributed by atoms with E-state index in [2.05, 4.69) is 4.90 Å². The van der Waals surface area contributed by atoms with Crippen LogP contribution >= 0.6 is 11.6 Å². The van der Waals surface area contributed by atoms with Crippen molar-refractivity contribution in [3.8, 4) is 0 Å². The van der Waals surface area contributed by atoms with Crippen LogP contribution in [0.1, 0.15) is 37.7 Å². The van der Waals surface area contributed by atoms with Gasteiger partial charge in [-0.2, -0.15) is 0 Å². The largest absolute Gasteiger partial charge is 0.480 e. The van der Waals surface area contributed by atoms with Gasteiger partial charge in [-0.05, 0) is 42.9 Å². The minimum absolute atomic E-state index is 0.320. The molecule has 1 aliphatic carbocycles. The van der Waals surface area contributed by atoms with Crippen LogP contribution in [0, 0.1) is 11.7 Å². The standard InChI is InChI=1S/C16H19ClFNO2/c17-13-8-12(18)6-5-11(13)9-19-14-4-2-1-3-10(14)7-15(19)16(20)21/h5-6,8,10,14-15H,1-4,7,9H2,(H,20,21)/t10-,14-,15+/m1/s1. The average Bonchev–Trinajstić information content (AvgIpc) is 2.81. The molecule has 5 heteroatoms. The third-order valence-corrected chi connectivity index (χ3v) is 5.23. The third-order valence-electron chi connectivity index (χ3n) is 4.87. The molecule has 3 rings (SSSR count). The molecule has 1 N–H and O–H groups in total. The smallest absolute Gasteiger partial charge is 0.320 e. The topological polar surface area (TPSA) is 40.5 Å². The number of likely N-dealkylation sites (tertiary alicyclic amines) is 1. The highest BCUT2D eigenvalue weighted by atomic mass is 35.5. The van der Waals surface area contributed by atoms with E-state index < -0.39 is 12.0 Å². The Balaban J connectivity index is 1.84. The highest BCUT2D eigenvalue weighted by Crippen LogP contribution is 2.41. The van der Waals surface area contributed by atoms with E-state index in [1.807, 2.05) is 0 Å². The summed E-state index contributed by atoms with van der Waals surface area (Å²) in [6.45, 7) is 0.483. The lowest BCUT2D eigenvalue weighted by molar-refractivity contribution is -0.142. The highest BCUT2D eigenvalue weighted by Gasteiger charge is 2.45. The van der Waals surface area contributed by atoms with E-state index in [0.29, 0.717) is 23.5 Å². The first-order valence-corrected chi connectivity index (χ1v) is 7.86. The first-order chi connectivity index (χ1) is 10.1. The first kappa shape index (κ1) is 14.8. The van der Waals surface area contributed by atoms with E-state index >= 15 is 0 Å². The monoisotopic (exact) mass is 311 g/mol. The minimum atomic E-state index is -0.761. The van der Waals surface area contributed by atoms with Gasteiger partial charge in [0.1, 0.15) is 11.9 Å². The van der Waals surface area contributed by atoms with Crippen LogP contribution < -0.4 is 0 Å². The van der Waals surface area contributed by atoms with Crippen LogP contribution in [0.15, 0.2) is 18.2 Å². The molecule has 1 saturated heterocycles. The summed E-state index contributed by atoms with van der Waals surface area (Å²) in [5.74, 6) is -0.655. The van der Waals surface area contributed by atoms with Gasteiger partial charge in [-0.3, -0.25) is 9.69 Å². The fourth-order valence-electron chi connectivity index (χ4n) is 3.87. The van der Waals surface area contributed by atoms with Crippen molar-refractivity contribution in [2.75, 3.05) is 0 Å². The number of hydrogen-bond acceptors (Lipinski definition) is 2. The number of carbonyl (C=O) groups is 1. The number of halogens is 2. The zero-order chi connectivity index (χ0) is 15.0. The second-order valence-electron chi connectivity index (χ2n) is 6.11. The van der Waals surface area contributed by atoms with Crippen LogP contribution in [0.4, 0.5) is 4.39 Å². The van der Waals surface area contributed by atoms with Gasteiger partial charge in [0.25, 0.3) is 0 Å². The van der Waals surface area contributed by atoms with Crippen molar-refractivity contribution in [1.29, 1.82) is 0 Å². The lowest BCUT2D eigenvalue weighted by Gasteiger charge is -2.33. The number of nitrogens with zero attached hydrogens (tertiary/aromatic N) is 1. The predicted octanol–water partition coefficient (Wildman–Crippen LogP) is 3.70. The maximum atomic E-state index is 13.1. The summed E-state index contributed by atoms with van der Waals surface area (Å²) < 4.78 is 13.1. The van der Waals surface area contributed by atoms with Gasteiger partial charge in [0.15, 0.2) is 0 Å². The number of rotatable bonds is 3. The maximum Gasteiger partial charge on any atom is 0.320 e. The van der Waals surface area contributed by atoms with E-state index in [9.17, 15) is 14.3 Å².